The summed E-state index contributed by atoms with van der Waals surface area (Å²) in [5, 5.41) is 9.99. The molecule has 1 heterocycles. The maximum atomic E-state index is 9.99. The molecule has 2 rings (SSSR count). The zero-order valence-corrected chi connectivity index (χ0v) is 8.85. The van der Waals surface area contributed by atoms with E-state index in [1.807, 2.05) is 4.57 Å². The average molecular weight is 194 g/mol. The second-order valence-electron chi connectivity index (χ2n) is 4.51. The maximum absolute atomic E-state index is 9.99. The van der Waals surface area contributed by atoms with Crippen LogP contribution >= 0.6 is 0 Å². The summed E-state index contributed by atoms with van der Waals surface area (Å²) in [6, 6.07) is 0.376. The van der Waals surface area contributed by atoms with Crippen molar-refractivity contribution in [3.05, 3.63) is 18.2 Å². The molecule has 0 saturated heterocycles. The number of hydrogen-bond donors (Lipinski definition) is 1. The number of rotatable bonds is 4. The van der Waals surface area contributed by atoms with Gasteiger partial charge in [-0.15, -0.1) is 0 Å². The van der Waals surface area contributed by atoms with Crippen LogP contribution in [0.5, 0.6) is 0 Å². The van der Waals surface area contributed by atoms with E-state index >= 15 is 0 Å². The van der Waals surface area contributed by atoms with Crippen LogP contribution in [-0.2, 0) is 0 Å². The summed E-state index contributed by atoms with van der Waals surface area (Å²) in [6.07, 6.45) is 6.73. The van der Waals surface area contributed by atoms with Crippen LogP contribution in [0.15, 0.2) is 12.5 Å². The van der Waals surface area contributed by atoms with E-state index in [0.717, 1.165) is 18.0 Å². The second kappa shape index (κ2) is 3.73. The first-order valence-electron chi connectivity index (χ1n) is 5.38. The third-order valence-corrected chi connectivity index (χ3v) is 2.85. The summed E-state index contributed by atoms with van der Waals surface area (Å²) in [5.74, 6) is 0.750. The van der Waals surface area contributed by atoms with Crippen molar-refractivity contribution < 1.29 is 5.11 Å². The van der Waals surface area contributed by atoms with E-state index in [1.54, 1.807) is 12.5 Å². The predicted octanol–water partition coefficient (Wildman–Crippen LogP) is 2.30. The minimum absolute atomic E-state index is 0.326. The molecule has 0 bridgehead atoms. The molecule has 1 saturated carbocycles. The van der Waals surface area contributed by atoms with Crippen molar-refractivity contribution in [2.24, 2.45) is 5.92 Å². The highest BCUT2D eigenvalue weighted by Gasteiger charge is 2.26. The highest BCUT2D eigenvalue weighted by atomic mass is 16.3. The van der Waals surface area contributed by atoms with Crippen molar-refractivity contribution in [2.75, 3.05) is 0 Å². The molecule has 0 aliphatic heterocycles. The van der Waals surface area contributed by atoms with E-state index < -0.39 is 0 Å². The first-order valence-corrected chi connectivity index (χ1v) is 5.38. The van der Waals surface area contributed by atoms with Crippen molar-refractivity contribution in [3.8, 4) is 0 Å². The molecule has 1 N–H and O–H groups in total. The summed E-state index contributed by atoms with van der Waals surface area (Å²) >= 11 is 0. The van der Waals surface area contributed by atoms with Crippen LogP contribution in [0, 0.1) is 5.92 Å². The molecule has 14 heavy (non-hydrogen) atoms. The van der Waals surface area contributed by atoms with Gasteiger partial charge in [0.15, 0.2) is 0 Å². The van der Waals surface area contributed by atoms with E-state index in [-0.39, 0.29) is 6.10 Å². The molecular weight excluding hydrogens is 176 g/mol. The molecule has 0 radical (unpaired) electrons. The molecule has 1 fully saturated rings. The highest BCUT2D eigenvalue weighted by Crippen LogP contribution is 2.37. The summed E-state index contributed by atoms with van der Waals surface area (Å²) < 4.78 is 2.05. The minimum atomic E-state index is -0.326. The van der Waals surface area contributed by atoms with Crippen LogP contribution in [0.1, 0.15) is 50.9 Å². The Bertz CT molecular complexity index is 302. The summed E-state index contributed by atoms with van der Waals surface area (Å²) in [5.41, 5.74) is 0.965. The molecule has 0 amide bonds. The lowest BCUT2D eigenvalue weighted by atomic mass is 10.1. The maximum Gasteiger partial charge on any atom is 0.0958 e. The van der Waals surface area contributed by atoms with Gasteiger partial charge in [0.25, 0.3) is 0 Å². The molecule has 3 nitrogen and oxygen atoms in total. The van der Waals surface area contributed by atoms with Crippen LogP contribution in [0.4, 0.5) is 0 Å². The lowest BCUT2D eigenvalue weighted by Crippen LogP contribution is -2.09. The van der Waals surface area contributed by atoms with E-state index in [1.165, 1.54) is 12.8 Å². The normalized spacial score (nSPS) is 18.9. The lowest BCUT2D eigenvalue weighted by molar-refractivity contribution is 0.149. The first-order chi connectivity index (χ1) is 6.68. The zero-order valence-electron chi connectivity index (χ0n) is 8.85. The molecule has 1 unspecified atom stereocenters. The number of aliphatic hydroxyl groups is 1. The molecular formula is C11H18N2O. The second-order valence-corrected chi connectivity index (χ2v) is 4.51. The quantitative estimate of drug-likeness (QED) is 0.798. The number of hydrogen-bond acceptors (Lipinski definition) is 2. The van der Waals surface area contributed by atoms with Gasteiger partial charge in [-0.1, -0.05) is 12.8 Å². The van der Waals surface area contributed by atoms with Gasteiger partial charge in [-0.3, -0.25) is 0 Å². The van der Waals surface area contributed by atoms with Crippen LogP contribution in [0.2, 0.25) is 0 Å². The van der Waals surface area contributed by atoms with Gasteiger partial charge in [0.05, 0.1) is 24.3 Å². The molecule has 1 aromatic rings. The van der Waals surface area contributed by atoms with Gasteiger partial charge < -0.3 is 9.67 Å². The van der Waals surface area contributed by atoms with Crippen LogP contribution < -0.4 is 0 Å². The van der Waals surface area contributed by atoms with Crippen molar-refractivity contribution in [3.63, 3.8) is 0 Å². The lowest BCUT2D eigenvalue weighted by Gasteiger charge is -2.16. The van der Waals surface area contributed by atoms with E-state index in [2.05, 4.69) is 18.8 Å². The van der Waals surface area contributed by atoms with Gasteiger partial charge >= 0.3 is 0 Å². The number of nitrogens with zero attached hydrogens (tertiary/aromatic N) is 2. The van der Waals surface area contributed by atoms with E-state index in [4.69, 9.17) is 0 Å². The zero-order chi connectivity index (χ0) is 10.1. The van der Waals surface area contributed by atoms with Crippen LogP contribution in [0.25, 0.3) is 0 Å². The molecule has 1 aliphatic rings. The van der Waals surface area contributed by atoms with E-state index in [9.17, 15) is 5.11 Å². The van der Waals surface area contributed by atoms with Crippen LogP contribution in [0.3, 0.4) is 0 Å². The third-order valence-electron chi connectivity index (χ3n) is 2.85. The standard InChI is InChI=1S/C11H18N2O/c1-8(2)13-7-12-6-10(13)11(14)5-9-3-4-9/h6-9,11,14H,3-5H2,1-2H3. The van der Waals surface area contributed by atoms with Crippen molar-refractivity contribution >= 4 is 0 Å². The van der Waals surface area contributed by atoms with Gasteiger partial charge in [0.1, 0.15) is 0 Å². The van der Waals surface area contributed by atoms with Gasteiger partial charge in [0.2, 0.25) is 0 Å². The van der Waals surface area contributed by atoms with Crippen molar-refractivity contribution in [1.82, 2.24) is 9.55 Å². The molecule has 1 aromatic heterocycles. The largest absolute Gasteiger partial charge is 0.387 e. The van der Waals surface area contributed by atoms with E-state index in [0.29, 0.717) is 6.04 Å². The Balaban J connectivity index is 2.08. The van der Waals surface area contributed by atoms with Crippen LogP contribution in [-0.4, -0.2) is 14.7 Å². The molecule has 1 atom stereocenters. The molecule has 78 valence electrons. The number of imidazole rings is 1. The summed E-state index contributed by atoms with van der Waals surface area (Å²) in [6.45, 7) is 4.21. The Morgan fingerprint density at radius 1 is 1.57 bits per heavy atom. The van der Waals surface area contributed by atoms with Crippen molar-refractivity contribution in [2.45, 2.75) is 45.3 Å². The Morgan fingerprint density at radius 2 is 2.29 bits per heavy atom. The predicted molar refractivity (Wildman–Crippen MR) is 54.9 cm³/mol. The molecule has 0 aromatic carbocycles. The molecule has 0 spiro atoms. The average Bonchev–Trinajstić information content (AvgIpc) is 2.81. The summed E-state index contributed by atoms with van der Waals surface area (Å²) in [4.78, 5) is 4.10. The molecule has 1 aliphatic carbocycles. The molecule has 3 heteroatoms. The van der Waals surface area contributed by atoms with Gasteiger partial charge in [0, 0.05) is 6.04 Å². The summed E-state index contributed by atoms with van der Waals surface area (Å²) in [7, 11) is 0. The Labute approximate surface area is 84.8 Å². The SMILES string of the molecule is CC(C)n1cncc1C(O)CC1CC1. The Hall–Kier alpha value is -0.830. The smallest absolute Gasteiger partial charge is 0.0958 e. The van der Waals surface area contributed by atoms with Gasteiger partial charge in [-0.25, -0.2) is 4.98 Å². The third kappa shape index (κ3) is 1.98. The topological polar surface area (TPSA) is 38.0 Å². The number of aromatic nitrogens is 2. The first kappa shape index (κ1) is 9.71. The fourth-order valence-electron chi connectivity index (χ4n) is 1.79. The van der Waals surface area contributed by atoms with Gasteiger partial charge in [-0.05, 0) is 26.2 Å². The Morgan fingerprint density at radius 3 is 2.86 bits per heavy atom. The monoisotopic (exact) mass is 194 g/mol. The number of aliphatic hydroxyl groups excluding tert-OH is 1. The van der Waals surface area contributed by atoms with Gasteiger partial charge in [-0.2, -0.15) is 0 Å². The fraction of sp³-hybridized carbons (Fsp3) is 0.727. The minimum Gasteiger partial charge on any atom is -0.387 e. The Kier molecular flexibility index (Phi) is 2.59. The fourth-order valence-corrected chi connectivity index (χ4v) is 1.79. The highest BCUT2D eigenvalue weighted by molar-refractivity contribution is 5.04. The van der Waals surface area contributed by atoms with Crippen molar-refractivity contribution in [1.29, 1.82) is 0 Å².